The summed E-state index contributed by atoms with van der Waals surface area (Å²) in [5, 5.41) is 0. The molecule has 2 aromatic carbocycles. The third kappa shape index (κ3) is 3.29. The van der Waals surface area contributed by atoms with Crippen molar-refractivity contribution in [2.24, 2.45) is 0 Å². The van der Waals surface area contributed by atoms with Gasteiger partial charge in [-0.1, -0.05) is 28.1 Å². The quantitative estimate of drug-likeness (QED) is 0.490. The molecule has 0 bridgehead atoms. The number of para-hydroxylation sites is 1. The Morgan fingerprint density at radius 3 is 2.26 bits per heavy atom. The summed E-state index contributed by atoms with van der Waals surface area (Å²) in [5.74, 6) is -0.344. The molecule has 0 spiro atoms. The van der Waals surface area contributed by atoms with E-state index in [1.807, 2.05) is 0 Å². The highest BCUT2D eigenvalue weighted by molar-refractivity contribution is 9.10. The molecule has 0 aliphatic carbocycles. The predicted molar refractivity (Wildman–Crippen MR) is 75.5 cm³/mol. The van der Waals surface area contributed by atoms with Crippen LogP contribution in [0.15, 0.2) is 53.0 Å². The van der Waals surface area contributed by atoms with Gasteiger partial charge in [0.05, 0.1) is 11.1 Å². The largest absolute Gasteiger partial charge is 0.422 e. The molecule has 0 unspecified atom stereocenters. The highest BCUT2D eigenvalue weighted by Crippen LogP contribution is 2.20. The lowest BCUT2D eigenvalue weighted by Crippen LogP contribution is -2.10. The van der Waals surface area contributed by atoms with Gasteiger partial charge in [0.25, 0.3) is 0 Å². The Hall–Kier alpha value is -1.94. The minimum absolute atomic E-state index is 0.140. The molecule has 0 heterocycles. The number of carbonyl (C=O) groups is 2. The van der Waals surface area contributed by atoms with Gasteiger partial charge in [-0.05, 0) is 43.3 Å². The van der Waals surface area contributed by atoms with E-state index in [4.69, 9.17) is 4.74 Å². The maximum Gasteiger partial charge on any atom is 0.343 e. The van der Waals surface area contributed by atoms with Crippen molar-refractivity contribution in [1.82, 2.24) is 0 Å². The number of ketones is 1. The van der Waals surface area contributed by atoms with Gasteiger partial charge in [-0.25, -0.2) is 4.79 Å². The van der Waals surface area contributed by atoms with E-state index in [1.54, 1.807) is 48.5 Å². The molecule has 0 saturated heterocycles. The van der Waals surface area contributed by atoms with E-state index in [1.165, 1.54) is 6.92 Å². The van der Waals surface area contributed by atoms with E-state index in [-0.39, 0.29) is 11.5 Å². The van der Waals surface area contributed by atoms with Crippen molar-refractivity contribution in [3.05, 3.63) is 64.1 Å². The molecule has 2 aromatic rings. The van der Waals surface area contributed by atoms with Crippen LogP contribution in [0.3, 0.4) is 0 Å². The van der Waals surface area contributed by atoms with Gasteiger partial charge in [-0.3, -0.25) is 4.79 Å². The predicted octanol–water partition coefficient (Wildman–Crippen LogP) is 3.87. The molecule has 0 radical (unpaired) electrons. The summed E-state index contributed by atoms with van der Waals surface area (Å²) in [7, 11) is 0. The lowest BCUT2D eigenvalue weighted by molar-refractivity contribution is 0.0733. The molecule has 0 aromatic heterocycles. The van der Waals surface area contributed by atoms with Crippen LogP contribution >= 0.6 is 15.9 Å². The summed E-state index contributed by atoms with van der Waals surface area (Å²) >= 11 is 3.30. The second-order valence-corrected chi connectivity index (χ2v) is 4.86. The number of halogens is 1. The fraction of sp³-hybridized carbons (Fsp3) is 0.0667. The van der Waals surface area contributed by atoms with Gasteiger partial charge in [0.2, 0.25) is 0 Å². The van der Waals surface area contributed by atoms with Crippen LogP contribution in [-0.2, 0) is 0 Å². The Balaban J connectivity index is 2.24. The topological polar surface area (TPSA) is 43.4 Å². The van der Waals surface area contributed by atoms with Crippen LogP contribution in [-0.4, -0.2) is 11.8 Å². The molecule has 0 aliphatic rings. The average molecular weight is 319 g/mol. The number of rotatable bonds is 3. The van der Waals surface area contributed by atoms with Crippen molar-refractivity contribution in [3.63, 3.8) is 0 Å². The van der Waals surface area contributed by atoms with E-state index < -0.39 is 5.97 Å². The molecule has 0 fully saturated rings. The highest BCUT2D eigenvalue weighted by atomic mass is 79.9. The van der Waals surface area contributed by atoms with Gasteiger partial charge in [0.15, 0.2) is 5.78 Å². The Morgan fingerprint density at radius 2 is 1.63 bits per heavy atom. The second-order valence-electron chi connectivity index (χ2n) is 3.95. The lowest BCUT2D eigenvalue weighted by Gasteiger charge is -2.07. The average Bonchev–Trinajstić information content (AvgIpc) is 2.39. The molecule has 2 rings (SSSR count). The summed E-state index contributed by atoms with van der Waals surface area (Å²) in [6.45, 7) is 1.44. The molecular weight excluding hydrogens is 308 g/mol. The SMILES string of the molecule is CC(=O)c1ccccc1OC(=O)c1ccc(Br)cc1. The van der Waals surface area contributed by atoms with E-state index in [9.17, 15) is 9.59 Å². The maximum atomic E-state index is 12.0. The van der Waals surface area contributed by atoms with E-state index >= 15 is 0 Å². The van der Waals surface area contributed by atoms with Crippen LogP contribution < -0.4 is 4.74 Å². The van der Waals surface area contributed by atoms with Crippen molar-refractivity contribution < 1.29 is 14.3 Å². The van der Waals surface area contributed by atoms with Crippen LogP contribution in [0.2, 0.25) is 0 Å². The fourth-order valence-electron chi connectivity index (χ4n) is 1.59. The number of benzene rings is 2. The summed E-state index contributed by atoms with van der Waals surface area (Å²) < 4.78 is 6.14. The molecule has 3 nitrogen and oxygen atoms in total. The van der Waals surface area contributed by atoms with Gasteiger partial charge in [0.1, 0.15) is 5.75 Å². The lowest BCUT2D eigenvalue weighted by atomic mass is 10.1. The van der Waals surface area contributed by atoms with Gasteiger partial charge in [-0.2, -0.15) is 0 Å². The monoisotopic (exact) mass is 318 g/mol. The van der Waals surface area contributed by atoms with Crippen LogP contribution in [0, 0.1) is 0 Å². The van der Waals surface area contributed by atoms with E-state index in [2.05, 4.69) is 15.9 Å². The summed E-state index contributed by atoms with van der Waals surface area (Å²) in [6.07, 6.45) is 0. The standard InChI is InChI=1S/C15H11BrO3/c1-10(17)13-4-2-3-5-14(13)19-15(18)11-6-8-12(16)9-7-11/h2-9H,1H3. The van der Waals surface area contributed by atoms with Gasteiger partial charge < -0.3 is 4.74 Å². The Bertz CT molecular complexity index is 618. The van der Waals surface area contributed by atoms with Crippen molar-refractivity contribution in [3.8, 4) is 5.75 Å². The zero-order valence-corrected chi connectivity index (χ0v) is 11.8. The molecule has 0 saturated carbocycles. The summed E-state index contributed by atoms with van der Waals surface area (Å²) in [6, 6.07) is 13.5. The molecule has 0 aliphatic heterocycles. The number of ether oxygens (including phenoxy) is 1. The van der Waals surface area contributed by atoms with Crippen LogP contribution in [0.25, 0.3) is 0 Å². The Morgan fingerprint density at radius 1 is 1.00 bits per heavy atom. The Kier molecular flexibility index (Phi) is 4.12. The molecule has 4 heteroatoms. The normalized spacial score (nSPS) is 10.0. The van der Waals surface area contributed by atoms with E-state index in [0.29, 0.717) is 11.1 Å². The number of carbonyl (C=O) groups excluding carboxylic acids is 2. The maximum absolute atomic E-state index is 12.0. The highest BCUT2D eigenvalue weighted by Gasteiger charge is 2.13. The summed E-state index contributed by atoms with van der Waals surface area (Å²) in [4.78, 5) is 23.4. The van der Waals surface area contributed by atoms with Crippen molar-refractivity contribution in [1.29, 1.82) is 0 Å². The zero-order chi connectivity index (χ0) is 13.8. The number of esters is 1. The smallest absolute Gasteiger partial charge is 0.343 e. The molecule has 0 atom stereocenters. The van der Waals surface area contributed by atoms with Gasteiger partial charge >= 0.3 is 5.97 Å². The summed E-state index contributed by atoms with van der Waals surface area (Å²) in [5.41, 5.74) is 0.828. The molecular formula is C15H11BrO3. The minimum atomic E-state index is -0.485. The van der Waals surface area contributed by atoms with Crippen molar-refractivity contribution >= 4 is 27.7 Å². The number of hydrogen-bond donors (Lipinski definition) is 0. The van der Waals surface area contributed by atoms with Gasteiger partial charge in [0, 0.05) is 4.47 Å². The number of Topliss-reactive ketones (excluding diaryl/α,β-unsaturated/α-hetero) is 1. The minimum Gasteiger partial charge on any atom is -0.422 e. The van der Waals surface area contributed by atoms with Crippen LogP contribution in [0.4, 0.5) is 0 Å². The molecule has 0 N–H and O–H groups in total. The third-order valence-electron chi connectivity index (χ3n) is 2.55. The van der Waals surface area contributed by atoms with Crippen LogP contribution in [0.1, 0.15) is 27.6 Å². The fourth-order valence-corrected chi connectivity index (χ4v) is 1.86. The molecule has 19 heavy (non-hydrogen) atoms. The first kappa shape index (κ1) is 13.5. The number of hydrogen-bond acceptors (Lipinski definition) is 3. The van der Waals surface area contributed by atoms with Crippen LogP contribution in [0.5, 0.6) is 5.75 Å². The zero-order valence-electron chi connectivity index (χ0n) is 10.2. The second kappa shape index (κ2) is 5.80. The first-order chi connectivity index (χ1) is 9.08. The van der Waals surface area contributed by atoms with Gasteiger partial charge in [-0.15, -0.1) is 0 Å². The molecule has 0 amide bonds. The van der Waals surface area contributed by atoms with E-state index in [0.717, 1.165) is 4.47 Å². The Labute approximate surface area is 119 Å². The first-order valence-corrected chi connectivity index (χ1v) is 6.45. The van der Waals surface area contributed by atoms with Crippen molar-refractivity contribution in [2.75, 3.05) is 0 Å². The van der Waals surface area contributed by atoms with Crippen molar-refractivity contribution in [2.45, 2.75) is 6.92 Å². The first-order valence-electron chi connectivity index (χ1n) is 5.65. The molecule has 96 valence electrons. The third-order valence-corrected chi connectivity index (χ3v) is 3.08.